The van der Waals surface area contributed by atoms with Crippen molar-refractivity contribution in [2.24, 2.45) is 5.92 Å². The SMILES string of the molecule is Cc1cccc(CN2CCN(C(=O)CN3CCC(CN4CCOCC4)CC3)CC2)c1. The van der Waals surface area contributed by atoms with Crippen LogP contribution in [0, 0.1) is 12.8 Å². The molecule has 3 aliphatic rings. The molecule has 166 valence electrons. The number of nitrogens with zero attached hydrogens (tertiary/aromatic N) is 4. The van der Waals surface area contributed by atoms with Gasteiger partial charge in [-0.1, -0.05) is 29.8 Å². The number of piperazine rings is 1. The zero-order chi connectivity index (χ0) is 20.8. The van der Waals surface area contributed by atoms with Crippen LogP contribution in [0.5, 0.6) is 0 Å². The molecule has 1 amide bonds. The van der Waals surface area contributed by atoms with Crippen LogP contribution in [0.1, 0.15) is 24.0 Å². The van der Waals surface area contributed by atoms with Crippen molar-refractivity contribution in [3.63, 3.8) is 0 Å². The average Bonchev–Trinajstić information content (AvgIpc) is 2.76. The highest BCUT2D eigenvalue weighted by molar-refractivity contribution is 5.78. The van der Waals surface area contributed by atoms with Crippen molar-refractivity contribution >= 4 is 5.91 Å². The topological polar surface area (TPSA) is 39.3 Å². The molecule has 30 heavy (non-hydrogen) atoms. The Morgan fingerprint density at radius 1 is 0.933 bits per heavy atom. The lowest BCUT2D eigenvalue weighted by molar-refractivity contribution is -0.134. The second-order valence-corrected chi connectivity index (χ2v) is 9.28. The molecule has 0 atom stereocenters. The van der Waals surface area contributed by atoms with Gasteiger partial charge in [0.05, 0.1) is 19.8 Å². The second-order valence-electron chi connectivity index (χ2n) is 9.28. The minimum Gasteiger partial charge on any atom is -0.379 e. The summed E-state index contributed by atoms with van der Waals surface area (Å²) in [5.74, 6) is 1.09. The number of carbonyl (C=O) groups is 1. The van der Waals surface area contributed by atoms with E-state index in [-0.39, 0.29) is 0 Å². The highest BCUT2D eigenvalue weighted by atomic mass is 16.5. The number of hydrogen-bond acceptors (Lipinski definition) is 5. The Labute approximate surface area is 181 Å². The summed E-state index contributed by atoms with van der Waals surface area (Å²) in [5.41, 5.74) is 2.68. The molecule has 3 aliphatic heterocycles. The molecule has 1 aromatic carbocycles. The van der Waals surface area contributed by atoms with E-state index in [1.807, 2.05) is 0 Å². The van der Waals surface area contributed by atoms with E-state index in [1.165, 1.54) is 30.5 Å². The minimum absolute atomic E-state index is 0.317. The van der Waals surface area contributed by atoms with Crippen molar-refractivity contribution in [1.29, 1.82) is 0 Å². The first-order valence-corrected chi connectivity index (χ1v) is 11.7. The Balaban J connectivity index is 1.14. The molecule has 0 aliphatic carbocycles. The van der Waals surface area contributed by atoms with Crippen LogP contribution in [0.25, 0.3) is 0 Å². The summed E-state index contributed by atoms with van der Waals surface area (Å²) < 4.78 is 5.45. The number of carbonyl (C=O) groups excluding carboxylic acids is 1. The average molecular weight is 415 g/mol. The van der Waals surface area contributed by atoms with Gasteiger partial charge >= 0.3 is 0 Å². The number of amides is 1. The third-order valence-corrected chi connectivity index (χ3v) is 6.90. The summed E-state index contributed by atoms with van der Waals surface area (Å²) in [4.78, 5) is 22.3. The van der Waals surface area contributed by atoms with E-state index in [1.54, 1.807) is 0 Å². The molecular formula is C24H38N4O2. The van der Waals surface area contributed by atoms with Crippen LogP contribution in [-0.4, -0.2) is 104 Å². The molecule has 6 heteroatoms. The smallest absolute Gasteiger partial charge is 0.236 e. The van der Waals surface area contributed by atoms with E-state index in [0.717, 1.165) is 78.0 Å². The van der Waals surface area contributed by atoms with Gasteiger partial charge in [-0.05, 0) is 44.3 Å². The predicted molar refractivity (Wildman–Crippen MR) is 119 cm³/mol. The van der Waals surface area contributed by atoms with Crippen molar-refractivity contribution in [2.45, 2.75) is 26.3 Å². The summed E-state index contributed by atoms with van der Waals surface area (Å²) in [7, 11) is 0. The largest absolute Gasteiger partial charge is 0.379 e. The summed E-state index contributed by atoms with van der Waals surface area (Å²) in [6, 6.07) is 8.74. The van der Waals surface area contributed by atoms with Crippen LogP contribution in [0.2, 0.25) is 0 Å². The van der Waals surface area contributed by atoms with E-state index in [9.17, 15) is 4.79 Å². The lowest BCUT2D eigenvalue weighted by Crippen LogP contribution is -2.51. The number of hydrogen-bond donors (Lipinski definition) is 0. The summed E-state index contributed by atoms with van der Waals surface area (Å²) >= 11 is 0. The first-order valence-electron chi connectivity index (χ1n) is 11.7. The van der Waals surface area contributed by atoms with Crippen molar-refractivity contribution in [3.05, 3.63) is 35.4 Å². The van der Waals surface area contributed by atoms with Gasteiger partial charge in [-0.25, -0.2) is 0 Å². The van der Waals surface area contributed by atoms with Crippen LogP contribution in [0.15, 0.2) is 24.3 Å². The van der Waals surface area contributed by atoms with E-state index in [4.69, 9.17) is 4.74 Å². The molecule has 0 bridgehead atoms. The fourth-order valence-electron chi connectivity index (χ4n) is 4.99. The fraction of sp³-hybridized carbons (Fsp3) is 0.708. The summed E-state index contributed by atoms with van der Waals surface area (Å²) in [5, 5.41) is 0. The van der Waals surface area contributed by atoms with Crippen LogP contribution in [0.3, 0.4) is 0 Å². The first kappa shape index (κ1) is 21.8. The first-order chi connectivity index (χ1) is 14.7. The number of ether oxygens (including phenoxy) is 1. The molecule has 0 saturated carbocycles. The molecule has 3 heterocycles. The molecule has 3 fully saturated rings. The maximum atomic E-state index is 12.8. The van der Waals surface area contributed by atoms with Crippen molar-refractivity contribution < 1.29 is 9.53 Å². The molecule has 1 aromatic rings. The highest BCUT2D eigenvalue weighted by Gasteiger charge is 2.26. The van der Waals surface area contributed by atoms with Crippen LogP contribution < -0.4 is 0 Å². The van der Waals surface area contributed by atoms with E-state index >= 15 is 0 Å². The maximum absolute atomic E-state index is 12.8. The zero-order valence-electron chi connectivity index (χ0n) is 18.6. The number of likely N-dealkylation sites (tertiary alicyclic amines) is 1. The summed E-state index contributed by atoms with van der Waals surface area (Å²) in [6.45, 7) is 14.6. The number of benzene rings is 1. The molecule has 3 saturated heterocycles. The van der Waals surface area contributed by atoms with E-state index < -0.39 is 0 Å². The van der Waals surface area contributed by atoms with Gasteiger partial charge in [-0.3, -0.25) is 19.5 Å². The number of piperidine rings is 1. The number of aryl methyl sites for hydroxylation is 1. The Hall–Kier alpha value is -1.47. The summed E-state index contributed by atoms with van der Waals surface area (Å²) in [6.07, 6.45) is 2.43. The molecule has 6 nitrogen and oxygen atoms in total. The Bertz CT molecular complexity index is 676. The van der Waals surface area contributed by atoms with Crippen LogP contribution in [-0.2, 0) is 16.1 Å². The molecule has 0 spiro atoms. The highest BCUT2D eigenvalue weighted by Crippen LogP contribution is 2.19. The van der Waals surface area contributed by atoms with Crippen LogP contribution >= 0.6 is 0 Å². The molecule has 0 N–H and O–H groups in total. The van der Waals surface area contributed by atoms with Gasteiger partial charge in [0.2, 0.25) is 5.91 Å². The van der Waals surface area contributed by atoms with Gasteiger partial charge in [-0.15, -0.1) is 0 Å². The van der Waals surface area contributed by atoms with Crippen molar-refractivity contribution in [3.8, 4) is 0 Å². The third kappa shape index (κ3) is 6.27. The molecular weight excluding hydrogens is 376 g/mol. The Kier molecular flexibility index (Phi) is 7.77. The van der Waals surface area contributed by atoms with Crippen LogP contribution in [0.4, 0.5) is 0 Å². The lowest BCUT2D eigenvalue weighted by atomic mass is 9.96. The monoisotopic (exact) mass is 414 g/mol. The molecule has 0 radical (unpaired) electrons. The lowest BCUT2D eigenvalue weighted by Gasteiger charge is -2.38. The van der Waals surface area contributed by atoms with Gasteiger partial charge in [0.25, 0.3) is 0 Å². The fourth-order valence-corrected chi connectivity index (χ4v) is 4.99. The second kappa shape index (κ2) is 10.7. The standard InChI is InChI=1S/C24H38N4O2/c1-21-3-2-4-23(17-21)19-26-9-11-28(12-10-26)24(29)20-25-7-5-22(6-8-25)18-27-13-15-30-16-14-27/h2-4,17,22H,5-16,18-20H2,1H3. The quantitative estimate of drug-likeness (QED) is 0.708. The normalized spacial score (nSPS) is 23.0. The predicted octanol–water partition coefficient (Wildman–Crippen LogP) is 1.68. The van der Waals surface area contributed by atoms with E-state index in [2.05, 4.69) is 50.8 Å². The Morgan fingerprint density at radius 2 is 1.67 bits per heavy atom. The molecule has 0 aromatic heterocycles. The third-order valence-electron chi connectivity index (χ3n) is 6.90. The van der Waals surface area contributed by atoms with Gasteiger partial charge in [0.1, 0.15) is 0 Å². The van der Waals surface area contributed by atoms with Gasteiger partial charge in [-0.2, -0.15) is 0 Å². The number of morpholine rings is 1. The molecule has 0 unspecified atom stereocenters. The van der Waals surface area contributed by atoms with Gasteiger partial charge in [0, 0.05) is 52.4 Å². The minimum atomic E-state index is 0.317. The Morgan fingerprint density at radius 3 is 2.37 bits per heavy atom. The van der Waals surface area contributed by atoms with Gasteiger partial charge in [0.15, 0.2) is 0 Å². The van der Waals surface area contributed by atoms with Crippen molar-refractivity contribution in [2.75, 3.05) is 78.7 Å². The van der Waals surface area contributed by atoms with E-state index in [0.29, 0.717) is 12.5 Å². The zero-order valence-corrected chi connectivity index (χ0v) is 18.6. The maximum Gasteiger partial charge on any atom is 0.236 e. The molecule has 4 rings (SSSR count). The van der Waals surface area contributed by atoms with Crippen molar-refractivity contribution in [1.82, 2.24) is 19.6 Å². The number of rotatable bonds is 6. The van der Waals surface area contributed by atoms with Gasteiger partial charge < -0.3 is 9.64 Å².